The van der Waals surface area contributed by atoms with Crippen LogP contribution < -0.4 is 9.47 Å². The molecule has 0 fully saturated rings. The molecular weight excluding hydrogens is 487 g/mol. The number of nitrogens with one attached hydrogen (secondary N) is 1. The van der Waals surface area contributed by atoms with Crippen LogP contribution in [0.1, 0.15) is 22.9 Å². The van der Waals surface area contributed by atoms with Gasteiger partial charge in [0.2, 0.25) is 0 Å². The van der Waals surface area contributed by atoms with Crippen LogP contribution in [0.25, 0.3) is 10.9 Å². The zero-order valence-corrected chi connectivity index (χ0v) is 19.9. The van der Waals surface area contributed by atoms with Gasteiger partial charge in [-0.1, -0.05) is 23.7 Å². The number of carbonyl (C=O) groups excluding carboxylic acids is 1. The van der Waals surface area contributed by atoms with Crippen molar-refractivity contribution in [3.05, 3.63) is 94.4 Å². The molecule has 1 aliphatic rings. The van der Waals surface area contributed by atoms with Crippen molar-refractivity contribution in [2.75, 3.05) is 19.8 Å². The Balaban J connectivity index is 1.50. The van der Waals surface area contributed by atoms with Crippen molar-refractivity contribution in [2.45, 2.75) is 18.6 Å². The Bertz CT molecular complexity index is 1370. The molecule has 5 rings (SSSR count). The number of H-pyrrole nitrogens is 1. The van der Waals surface area contributed by atoms with Gasteiger partial charge in [0.1, 0.15) is 36.1 Å². The topological polar surface area (TPSA) is 95.0 Å². The number of halogens is 2. The highest BCUT2D eigenvalue weighted by Gasteiger charge is 2.35. The van der Waals surface area contributed by atoms with Crippen molar-refractivity contribution in [1.29, 1.82) is 0 Å². The quantitative estimate of drug-likeness (QED) is 0.345. The number of fused-ring (bicyclic) bond motifs is 3. The summed E-state index contributed by atoms with van der Waals surface area (Å²) in [6, 6.07) is 17.6. The Morgan fingerprint density at radius 3 is 2.56 bits per heavy atom. The fourth-order valence-corrected chi connectivity index (χ4v) is 4.63. The van der Waals surface area contributed by atoms with Crippen LogP contribution in [-0.2, 0) is 6.42 Å². The van der Waals surface area contributed by atoms with Gasteiger partial charge in [-0.2, -0.15) is 0 Å². The van der Waals surface area contributed by atoms with E-state index in [0.717, 1.165) is 27.7 Å². The van der Waals surface area contributed by atoms with E-state index in [9.17, 15) is 14.3 Å². The van der Waals surface area contributed by atoms with Crippen LogP contribution >= 0.6 is 11.6 Å². The summed E-state index contributed by atoms with van der Waals surface area (Å²) in [5, 5.41) is 20.2. The summed E-state index contributed by atoms with van der Waals surface area (Å²) < 4.78 is 24.4. The molecule has 7 nitrogen and oxygen atoms in total. The van der Waals surface area contributed by atoms with E-state index in [2.05, 4.69) is 4.98 Å². The SMILES string of the molecule is O=C(Oc1ccc(F)cc1)N1CCc2c([nH]c3ccc(Cl)cc23)C1c1ccc(OCC(O)CO)cc1. The summed E-state index contributed by atoms with van der Waals surface area (Å²) in [6.07, 6.45) is -0.925. The minimum atomic E-state index is -0.972. The monoisotopic (exact) mass is 510 g/mol. The highest BCUT2D eigenvalue weighted by molar-refractivity contribution is 6.31. The van der Waals surface area contributed by atoms with E-state index in [1.165, 1.54) is 24.3 Å². The zero-order valence-electron chi connectivity index (χ0n) is 19.2. The summed E-state index contributed by atoms with van der Waals surface area (Å²) in [4.78, 5) is 18.4. The molecule has 36 heavy (non-hydrogen) atoms. The molecule has 1 aliphatic heterocycles. The molecule has 3 aromatic carbocycles. The third-order valence-electron chi connectivity index (χ3n) is 6.19. The maximum Gasteiger partial charge on any atom is 0.416 e. The third-order valence-corrected chi connectivity index (χ3v) is 6.43. The molecule has 0 bridgehead atoms. The normalized spacial score (nSPS) is 16.0. The van der Waals surface area contributed by atoms with E-state index in [-0.39, 0.29) is 12.4 Å². The minimum Gasteiger partial charge on any atom is -0.491 e. The molecule has 186 valence electrons. The van der Waals surface area contributed by atoms with Crippen molar-refractivity contribution in [3.63, 3.8) is 0 Å². The first-order valence-corrected chi connectivity index (χ1v) is 11.9. The molecule has 0 saturated heterocycles. The average molecular weight is 511 g/mol. The fourth-order valence-electron chi connectivity index (χ4n) is 4.46. The summed E-state index contributed by atoms with van der Waals surface area (Å²) in [5.74, 6) is 0.354. The Kier molecular flexibility index (Phi) is 6.82. The number of aromatic amines is 1. The highest BCUT2D eigenvalue weighted by atomic mass is 35.5. The van der Waals surface area contributed by atoms with Crippen LogP contribution in [0.5, 0.6) is 11.5 Å². The molecule has 0 radical (unpaired) electrons. The Hall–Kier alpha value is -3.59. The molecule has 0 saturated carbocycles. The second-order valence-electron chi connectivity index (χ2n) is 8.59. The molecule has 9 heteroatoms. The van der Waals surface area contributed by atoms with Crippen molar-refractivity contribution in [3.8, 4) is 11.5 Å². The molecule has 2 unspecified atom stereocenters. The van der Waals surface area contributed by atoms with Crippen LogP contribution in [0.15, 0.2) is 66.7 Å². The first-order chi connectivity index (χ1) is 17.4. The lowest BCUT2D eigenvalue weighted by Gasteiger charge is -2.35. The van der Waals surface area contributed by atoms with Crippen molar-refractivity contribution in [1.82, 2.24) is 9.88 Å². The van der Waals surface area contributed by atoms with Gasteiger partial charge in [-0.3, -0.25) is 4.90 Å². The highest BCUT2D eigenvalue weighted by Crippen LogP contribution is 2.40. The van der Waals surface area contributed by atoms with E-state index in [0.29, 0.717) is 23.7 Å². The largest absolute Gasteiger partial charge is 0.491 e. The lowest BCUT2D eigenvalue weighted by molar-refractivity contribution is 0.0536. The second-order valence-corrected chi connectivity index (χ2v) is 9.03. The van der Waals surface area contributed by atoms with Crippen molar-refractivity contribution < 1.29 is 28.9 Å². The number of aliphatic hydroxyl groups excluding tert-OH is 2. The summed E-state index contributed by atoms with van der Waals surface area (Å²) in [5.41, 5.74) is 3.68. The molecule has 2 heterocycles. The predicted octanol–water partition coefficient (Wildman–Crippen LogP) is 4.84. The zero-order chi connectivity index (χ0) is 25.2. The molecule has 1 aromatic heterocycles. The number of aliphatic hydroxyl groups is 2. The number of ether oxygens (including phenoxy) is 2. The first kappa shape index (κ1) is 24.1. The van der Waals surface area contributed by atoms with E-state index < -0.39 is 30.7 Å². The number of hydrogen-bond donors (Lipinski definition) is 3. The lowest BCUT2D eigenvalue weighted by atomic mass is 9.92. The third kappa shape index (κ3) is 4.88. The summed E-state index contributed by atoms with van der Waals surface area (Å²) >= 11 is 6.26. The van der Waals surface area contributed by atoms with Gasteiger partial charge in [-0.15, -0.1) is 0 Å². The second kappa shape index (κ2) is 10.2. The summed E-state index contributed by atoms with van der Waals surface area (Å²) in [6.45, 7) is -0.0289. The van der Waals surface area contributed by atoms with Gasteiger partial charge < -0.3 is 24.7 Å². The maximum atomic E-state index is 13.3. The first-order valence-electron chi connectivity index (χ1n) is 11.5. The predicted molar refractivity (Wildman–Crippen MR) is 133 cm³/mol. The van der Waals surface area contributed by atoms with Crippen LogP contribution in [-0.4, -0.2) is 52.1 Å². The van der Waals surface area contributed by atoms with Crippen molar-refractivity contribution in [2.24, 2.45) is 0 Å². The average Bonchev–Trinajstić information content (AvgIpc) is 3.26. The Morgan fingerprint density at radius 2 is 1.83 bits per heavy atom. The lowest BCUT2D eigenvalue weighted by Crippen LogP contribution is -2.42. The number of carbonyl (C=O) groups is 1. The van der Waals surface area contributed by atoms with Crippen LogP contribution in [0.4, 0.5) is 9.18 Å². The molecule has 0 aliphatic carbocycles. The van der Waals surface area contributed by atoms with Gasteiger partial charge in [0.25, 0.3) is 0 Å². The van der Waals surface area contributed by atoms with E-state index in [1.807, 2.05) is 30.3 Å². The molecule has 1 amide bonds. The molecule has 4 aromatic rings. The van der Waals surface area contributed by atoms with Crippen LogP contribution in [0.2, 0.25) is 5.02 Å². The van der Waals surface area contributed by atoms with E-state index in [1.54, 1.807) is 17.0 Å². The molecule has 2 atom stereocenters. The fraction of sp³-hybridized carbons (Fsp3) is 0.222. The van der Waals surface area contributed by atoms with Gasteiger partial charge >= 0.3 is 6.09 Å². The smallest absolute Gasteiger partial charge is 0.416 e. The number of benzene rings is 3. The Labute approximate surface area is 211 Å². The maximum absolute atomic E-state index is 13.3. The van der Waals surface area contributed by atoms with Gasteiger partial charge in [-0.25, -0.2) is 9.18 Å². The van der Waals surface area contributed by atoms with E-state index >= 15 is 0 Å². The molecule has 0 spiro atoms. The summed E-state index contributed by atoms with van der Waals surface area (Å²) in [7, 11) is 0. The van der Waals surface area contributed by atoms with Gasteiger partial charge in [0.15, 0.2) is 0 Å². The standard InChI is InChI=1S/C27H24ClFN2O5/c28-17-3-10-24-23(13-17)22-11-12-31(27(34)36-21-8-4-18(29)5-9-21)26(25(22)30-24)16-1-6-20(7-2-16)35-15-19(33)14-32/h1-10,13,19,26,30,32-33H,11-12,14-15H2. The van der Waals surface area contributed by atoms with Gasteiger partial charge in [0, 0.05) is 28.2 Å². The van der Waals surface area contributed by atoms with Gasteiger partial charge in [-0.05, 0) is 72.1 Å². The van der Waals surface area contributed by atoms with Crippen LogP contribution in [0, 0.1) is 5.82 Å². The number of amides is 1. The number of rotatable bonds is 6. The molecular formula is C27H24ClFN2O5. The Morgan fingerprint density at radius 1 is 1.11 bits per heavy atom. The molecule has 3 N–H and O–H groups in total. The van der Waals surface area contributed by atoms with Crippen LogP contribution in [0.3, 0.4) is 0 Å². The number of nitrogens with zero attached hydrogens (tertiary/aromatic N) is 1. The number of hydrogen-bond acceptors (Lipinski definition) is 5. The minimum absolute atomic E-state index is 0.0394. The van der Waals surface area contributed by atoms with Gasteiger partial charge in [0.05, 0.1) is 6.61 Å². The van der Waals surface area contributed by atoms with E-state index in [4.69, 9.17) is 26.2 Å². The van der Waals surface area contributed by atoms with Crippen molar-refractivity contribution >= 4 is 28.6 Å². The number of aromatic nitrogens is 1.